The van der Waals surface area contributed by atoms with E-state index in [1.165, 1.54) is 11.1 Å². The quantitative estimate of drug-likeness (QED) is 0.869. The lowest BCUT2D eigenvalue weighted by molar-refractivity contribution is 0.713. The van der Waals surface area contributed by atoms with Crippen LogP contribution >= 0.6 is 11.3 Å². The van der Waals surface area contributed by atoms with Crippen LogP contribution in [-0.4, -0.2) is 16.7 Å². The second-order valence-electron chi connectivity index (χ2n) is 4.36. The summed E-state index contributed by atoms with van der Waals surface area (Å²) in [7, 11) is 0. The summed E-state index contributed by atoms with van der Waals surface area (Å²) in [6, 6.07) is 8.65. The van der Waals surface area contributed by atoms with E-state index in [1.807, 2.05) is 0 Å². The first-order valence-electron chi connectivity index (χ1n) is 6.35. The molecule has 0 aliphatic carbocycles. The van der Waals surface area contributed by atoms with E-state index in [4.69, 9.17) is 0 Å². The summed E-state index contributed by atoms with van der Waals surface area (Å²) in [6.07, 6.45) is 2.02. The Hall–Kier alpha value is -1.26. The fraction of sp³-hybridized carbons (Fsp3) is 0.429. The maximum atomic E-state index is 4.24. The van der Waals surface area contributed by atoms with Gasteiger partial charge in [0, 0.05) is 13.0 Å². The predicted molar refractivity (Wildman–Crippen MR) is 75.9 cm³/mol. The first kappa shape index (κ1) is 13.2. The van der Waals surface area contributed by atoms with E-state index < -0.39 is 0 Å². The highest BCUT2D eigenvalue weighted by Gasteiger charge is 2.04. The Morgan fingerprint density at radius 2 is 2.00 bits per heavy atom. The van der Waals surface area contributed by atoms with Crippen molar-refractivity contribution >= 4 is 11.3 Å². The predicted octanol–water partition coefficient (Wildman–Crippen LogP) is 2.74. The minimum absolute atomic E-state index is 0.832. The summed E-state index contributed by atoms with van der Waals surface area (Å²) < 4.78 is 0. The molecule has 1 N–H and O–H groups in total. The number of hydrogen-bond acceptors (Lipinski definition) is 4. The maximum Gasteiger partial charge on any atom is 0.131 e. The summed E-state index contributed by atoms with van der Waals surface area (Å²) in [5.74, 6) is 0. The van der Waals surface area contributed by atoms with E-state index in [1.54, 1.807) is 11.3 Å². The Bertz CT molecular complexity index is 493. The third kappa shape index (κ3) is 3.89. The molecule has 2 aromatic rings. The molecule has 0 radical (unpaired) electrons. The van der Waals surface area contributed by atoms with Crippen LogP contribution in [0.2, 0.25) is 0 Å². The number of nitrogens with one attached hydrogen (secondary N) is 1. The Balaban J connectivity index is 1.88. The van der Waals surface area contributed by atoms with Crippen LogP contribution in [0.4, 0.5) is 0 Å². The van der Waals surface area contributed by atoms with Gasteiger partial charge in [0.15, 0.2) is 0 Å². The molecule has 3 nitrogen and oxygen atoms in total. The number of aromatic nitrogens is 2. The Morgan fingerprint density at radius 3 is 2.78 bits per heavy atom. The van der Waals surface area contributed by atoms with Gasteiger partial charge in [-0.25, -0.2) is 0 Å². The lowest BCUT2D eigenvalue weighted by atomic mass is 10.1. The first-order chi connectivity index (χ1) is 8.78. The highest BCUT2D eigenvalue weighted by atomic mass is 32.1. The Morgan fingerprint density at radius 1 is 1.17 bits per heavy atom. The monoisotopic (exact) mass is 261 g/mol. The molecular weight excluding hydrogens is 242 g/mol. The van der Waals surface area contributed by atoms with E-state index in [9.17, 15) is 0 Å². The van der Waals surface area contributed by atoms with E-state index in [0.717, 1.165) is 35.9 Å². The fourth-order valence-corrected chi connectivity index (χ4v) is 2.63. The van der Waals surface area contributed by atoms with Crippen molar-refractivity contribution in [2.75, 3.05) is 6.54 Å². The van der Waals surface area contributed by atoms with Gasteiger partial charge < -0.3 is 5.32 Å². The van der Waals surface area contributed by atoms with Crippen LogP contribution in [-0.2, 0) is 19.4 Å². The number of benzene rings is 1. The molecule has 0 atom stereocenters. The molecule has 1 heterocycles. The molecule has 0 aliphatic heterocycles. The van der Waals surface area contributed by atoms with Crippen molar-refractivity contribution in [3.8, 4) is 0 Å². The van der Waals surface area contributed by atoms with Gasteiger partial charge in [-0.1, -0.05) is 36.8 Å². The zero-order valence-electron chi connectivity index (χ0n) is 10.9. The van der Waals surface area contributed by atoms with E-state index in [-0.39, 0.29) is 0 Å². The lowest BCUT2D eigenvalue weighted by Gasteiger charge is -2.00. The van der Waals surface area contributed by atoms with Crippen molar-refractivity contribution in [1.82, 2.24) is 15.5 Å². The van der Waals surface area contributed by atoms with Gasteiger partial charge in [-0.2, -0.15) is 0 Å². The molecule has 0 amide bonds. The van der Waals surface area contributed by atoms with Gasteiger partial charge in [-0.05, 0) is 25.5 Å². The molecular formula is C14H19N3S. The summed E-state index contributed by atoms with van der Waals surface area (Å²) >= 11 is 1.71. The van der Waals surface area contributed by atoms with Gasteiger partial charge in [-0.15, -0.1) is 21.5 Å². The summed E-state index contributed by atoms with van der Waals surface area (Å²) in [6.45, 7) is 6.03. The first-order valence-corrected chi connectivity index (χ1v) is 7.17. The minimum Gasteiger partial charge on any atom is -0.311 e. The molecule has 1 aromatic carbocycles. The molecule has 0 saturated carbocycles. The Kier molecular flexibility index (Phi) is 4.84. The summed E-state index contributed by atoms with van der Waals surface area (Å²) in [5, 5.41) is 13.9. The number of rotatable bonds is 6. The van der Waals surface area contributed by atoms with E-state index in [0.29, 0.717) is 0 Å². The number of aryl methyl sites for hydroxylation is 3. The average Bonchev–Trinajstić information content (AvgIpc) is 2.82. The molecule has 0 unspecified atom stereocenters. The van der Waals surface area contributed by atoms with Crippen molar-refractivity contribution in [3.63, 3.8) is 0 Å². The zero-order valence-corrected chi connectivity index (χ0v) is 11.8. The SMILES string of the molecule is CCNCc1nnc(CCc2cccc(C)c2)s1. The van der Waals surface area contributed by atoms with Crippen LogP contribution < -0.4 is 5.32 Å². The van der Waals surface area contributed by atoms with Crippen LogP contribution in [0, 0.1) is 6.92 Å². The molecule has 0 fully saturated rings. The molecule has 18 heavy (non-hydrogen) atoms. The molecule has 0 bridgehead atoms. The maximum absolute atomic E-state index is 4.24. The largest absolute Gasteiger partial charge is 0.311 e. The zero-order chi connectivity index (χ0) is 12.8. The second kappa shape index (κ2) is 6.61. The summed E-state index contributed by atoms with van der Waals surface area (Å²) in [4.78, 5) is 0. The average molecular weight is 261 g/mol. The fourth-order valence-electron chi connectivity index (χ4n) is 1.81. The van der Waals surface area contributed by atoms with Gasteiger partial charge in [-0.3, -0.25) is 0 Å². The third-order valence-corrected chi connectivity index (χ3v) is 3.73. The van der Waals surface area contributed by atoms with Crippen LogP contribution in [0.3, 0.4) is 0 Å². The van der Waals surface area contributed by atoms with Crippen LogP contribution in [0.5, 0.6) is 0 Å². The minimum atomic E-state index is 0.832. The Labute approximate surface area is 112 Å². The molecule has 4 heteroatoms. The van der Waals surface area contributed by atoms with Crippen LogP contribution in [0.15, 0.2) is 24.3 Å². The van der Waals surface area contributed by atoms with Gasteiger partial charge in [0.25, 0.3) is 0 Å². The van der Waals surface area contributed by atoms with Crippen molar-refractivity contribution in [3.05, 3.63) is 45.4 Å². The summed E-state index contributed by atoms with van der Waals surface area (Å²) in [5.41, 5.74) is 2.69. The highest BCUT2D eigenvalue weighted by molar-refractivity contribution is 7.11. The van der Waals surface area contributed by atoms with Gasteiger partial charge >= 0.3 is 0 Å². The van der Waals surface area contributed by atoms with Crippen molar-refractivity contribution in [1.29, 1.82) is 0 Å². The van der Waals surface area contributed by atoms with Crippen molar-refractivity contribution in [2.24, 2.45) is 0 Å². The van der Waals surface area contributed by atoms with Gasteiger partial charge in [0.2, 0.25) is 0 Å². The topological polar surface area (TPSA) is 37.8 Å². The molecule has 0 spiro atoms. The molecule has 0 aliphatic rings. The molecule has 2 rings (SSSR count). The van der Waals surface area contributed by atoms with Crippen molar-refractivity contribution in [2.45, 2.75) is 33.2 Å². The molecule has 0 saturated heterocycles. The number of nitrogens with zero attached hydrogens (tertiary/aromatic N) is 2. The van der Waals surface area contributed by atoms with Crippen LogP contribution in [0.25, 0.3) is 0 Å². The normalized spacial score (nSPS) is 10.8. The van der Waals surface area contributed by atoms with Crippen molar-refractivity contribution < 1.29 is 0 Å². The lowest BCUT2D eigenvalue weighted by Crippen LogP contribution is -2.11. The molecule has 1 aromatic heterocycles. The standard InChI is InChI=1S/C14H19N3S/c1-3-15-10-14-17-16-13(18-14)8-7-12-6-4-5-11(2)9-12/h4-6,9,15H,3,7-8,10H2,1-2H3. The van der Waals surface area contributed by atoms with Gasteiger partial charge in [0.05, 0.1) is 0 Å². The highest BCUT2D eigenvalue weighted by Crippen LogP contribution is 2.13. The van der Waals surface area contributed by atoms with Gasteiger partial charge in [0.1, 0.15) is 10.0 Å². The van der Waals surface area contributed by atoms with E-state index in [2.05, 4.69) is 53.6 Å². The molecule has 96 valence electrons. The smallest absolute Gasteiger partial charge is 0.131 e. The third-order valence-electron chi connectivity index (χ3n) is 2.74. The van der Waals surface area contributed by atoms with E-state index >= 15 is 0 Å². The number of hydrogen-bond donors (Lipinski definition) is 1. The van der Waals surface area contributed by atoms with Crippen LogP contribution in [0.1, 0.15) is 28.1 Å². The second-order valence-corrected chi connectivity index (χ2v) is 5.51.